The van der Waals surface area contributed by atoms with Crippen LogP contribution in [0.25, 0.3) is 0 Å². The summed E-state index contributed by atoms with van der Waals surface area (Å²) in [4.78, 5) is 21.0. The molecule has 0 aliphatic rings. The fourth-order valence-corrected chi connectivity index (χ4v) is 0.739. The van der Waals surface area contributed by atoms with Gasteiger partial charge in [0.05, 0.1) is 18.9 Å². The molecule has 0 aliphatic carbocycles. The van der Waals surface area contributed by atoms with Crippen LogP contribution in [0, 0.1) is 0 Å². The van der Waals surface area contributed by atoms with Crippen LogP contribution in [0.5, 0.6) is 0 Å². The summed E-state index contributed by atoms with van der Waals surface area (Å²) in [6.07, 6.45) is -6.14. The number of nitrogens with two attached hydrogens (primary N) is 1. The van der Waals surface area contributed by atoms with Crippen molar-refractivity contribution in [3.05, 3.63) is 0 Å². The van der Waals surface area contributed by atoms with Gasteiger partial charge in [0.2, 0.25) is 5.91 Å². The molecule has 0 bridgehead atoms. The molecular weight excluding hydrogens is 217 g/mol. The summed E-state index contributed by atoms with van der Waals surface area (Å²) in [5.41, 5.74) is 5.09. The Kier molecular flexibility index (Phi) is 5.06. The SMILES string of the molecule is NC(CC(=O)O)C(=O)NCCC(F)(F)F. The monoisotopic (exact) mass is 228 g/mol. The van der Waals surface area contributed by atoms with Crippen LogP contribution in [-0.2, 0) is 9.59 Å². The molecule has 1 unspecified atom stereocenters. The van der Waals surface area contributed by atoms with Gasteiger partial charge in [-0.15, -0.1) is 0 Å². The zero-order valence-corrected chi connectivity index (χ0v) is 7.67. The van der Waals surface area contributed by atoms with E-state index in [1.807, 2.05) is 5.32 Å². The molecule has 0 saturated carbocycles. The van der Waals surface area contributed by atoms with Crippen molar-refractivity contribution in [2.45, 2.75) is 25.1 Å². The lowest BCUT2D eigenvalue weighted by Crippen LogP contribution is -2.42. The Balaban J connectivity index is 3.79. The minimum atomic E-state index is -4.36. The Morgan fingerprint density at radius 3 is 2.33 bits per heavy atom. The van der Waals surface area contributed by atoms with E-state index in [4.69, 9.17) is 10.8 Å². The highest BCUT2D eigenvalue weighted by atomic mass is 19.4. The van der Waals surface area contributed by atoms with Gasteiger partial charge in [-0.1, -0.05) is 0 Å². The van der Waals surface area contributed by atoms with Crippen molar-refractivity contribution < 1.29 is 27.9 Å². The number of hydrogen-bond acceptors (Lipinski definition) is 3. The minimum Gasteiger partial charge on any atom is -0.481 e. The lowest BCUT2D eigenvalue weighted by Gasteiger charge is -2.11. The van der Waals surface area contributed by atoms with E-state index in [-0.39, 0.29) is 0 Å². The normalized spacial score (nSPS) is 13.3. The third kappa shape index (κ3) is 7.74. The molecular formula is C7H11F3N2O3. The van der Waals surface area contributed by atoms with Crippen molar-refractivity contribution in [3.63, 3.8) is 0 Å². The number of carbonyl (C=O) groups excluding carboxylic acids is 1. The lowest BCUT2D eigenvalue weighted by atomic mass is 10.2. The molecule has 0 aromatic rings. The van der Waals surface area contributed by atoms with E-state index in [1.165, 1.54) is 0 Å². The molecule has 4 N–H and O–H groups in total. The van der Waals surface area contributed by atoms with Crippen LogP contribution in [0.15, 0.2) is 0 Å². The maximum atomic E-state index is 11.6. The van der Waals surface area contributed by atoms with Gasteiger partial charge in [-0.3, -0.25) is 9.59 Å². The summed E-state index contributed by atoms with van der Waals surface area (Å²) in [7, 11) is 0. The second-order valence-electron chi connectivity index (χ2n) is 2.86. The average molecular weight is 228 g/mol. The van der Waals surface area contributed by atoms with E-state index in [9.17, 15) is 22.8 Å². The topological polar surface area (TPSA) is 92.4 Å². The third-order valence-corrected chi connectivity index (χ3v) is 1.44. The number of aliphatic carboxylic acids is 1. The van der Waals surface area contributed by atoms with Crippen LogP contribution < -0.4 is 11.1 Å². The highest BCUT2D eigenvalue weighted by Crippen LogP contribution is 2.18. The molecule has 0 saturated heterocycles. The number of amides is 1. The third-order valence-electron chi connectivity index (χ3n) is 1.44. The van der Waals surface area contributed by atoms with Gasteiger partial charge in [0.15, 0.2) is 0 Å². The molecule has 0 aliphatic heterocycles. The fourth-order valence-electron chi connectivity index (χ4n) is 0.739. The van der Waals surface area contributed by atoms with Crippen molar-refractivity contribution in [3.8, 4) is 0 Å². The fraction of sp³-hybridized carbons (Fsp3) is 0.714. The summed E-state index contributed by atoms with van der Waals surface area (Å²) >= 11 is 0. The molecule has 0 aromatic heterocycles. The van der Waals surface area contributed by atoms with Gasteiger partial charge in [0.1, 0.15) is 0 Å². The van der Waals surface area contributed by atoms with Crippen molar-refractivity contribution in [2.24, 2.45) is 5.73 Å². The number of carbonyl (C=O) groups is 2. The summed E-state index contributed by atoms with van der Waals surface area (Å²) < 4.78 is 34.9. The first-order chi connectivity index (χ1) is 6.72. The molecule has 0 spiro atoms. The summed E-state index contributed by atoms with van der Waals surface area (Å²) in [5.74, 6) is -2.19. The van der Waals surface area contributed by atoms with E-state index >= 15 is 0 Å². The Labute approximate surface area is 83.4 Å². The zero-order valence-electron chi connectivity index (χ0n) is 7.67. The number of hydrogen-bond donors (Lipinski definition) is 3. The van der Waals surface area contributed by atoms with E-state index in [1.54, 1.807) is 0 Å². The molecule has 0 fully saturated rings. The van der Waals surface area contributed by atoms with E-state index in [0.717, 1.165) is 0 Å². The largest absolute Gasteiger partial charge is 0.481 e. The van der Waals surface area contributed by atoms with E-state index in [2.05, 4.69) is 0 Å². The van der Waals surface area contributed by atoms with Gasteiger partial charge >= 0.3 is 12.1 Å². The van der Waals surface area contributed by atoms with Gasteiger partial charge in [-0.2, -0.15) is 13.2 Å². The molecule has 1 amide bonds. The van der Waals surface area contributed by atoms with Gasteiger partial charge in [0.25, 0.3) is 0 Å². The second kappa shape index (κ2) is 5.54. The quantitative estimate of drug-likeness (QED) is 0.610. The Hall–Kier alpha value is -1.31. The molecule has 0 aromatic carbocycles. The number of rotatable bonds is 5. The molecule has 0 rings (SSSR count). The molecule has 88 valence electrons. The van der Waals surface area contributed by atoms with Crippen LogP contribution in [0.4, 0.5) is 13.2 Å². The molecule has 15 heavy (non-hydrogen) atoms. The van der Waals surface area contributed by atoms with Gasteiger partial charge in [0, 0.05) is 6.54 Å². The molecule has 0 heterocycles. The van der Waals surface area contributed by atoms with Crippen LogP contribution in [0.3, 0.4) is 0 Å². The summed E-state index contributed by atoms with van der Waals surface area (Å²) in [6.45, 7) is -0.602. The lowest BCUT2D eigenvalue weighted by molar-refractivity contribution is -0.141. The number of halogens is 3. The van der Waals surface area contributed by atoms with Gasteiger partial charge < -0.3 is 16.2 Å². The minimum absolute atomic E-state index is 0.602. The first-order valence-corrected chi connectivity index (χ1v) is 4.04. The molecule has 8 heteroatoms. The number of nitrogens with one attached hydrogen (secondary N) is 1. The zero-order chi connectivity index (χ0) is 12.1. The predicted octanol–water partition coefficient (Wildman–Crippen LogP) is -0.143. The number of carboxylic acid groups (broad SMARTS) is 1. The van der Waals surface area contributed by atoms with Crippen LogP contribution >= 0.6 is 0 Å². The van der Waals surface area contributed by atoms with Crippen LogP contribution in [0.2, 0.25) is 0 Å². The smallest absolute Gasteiger partial charge is 0.390 e. The molecule has 5 nitrogen and oxygen atoms in total. The summed E-state index contributed by atoms with van der Waals surface area (Å²) in [5, 5.41) is 10.1. The highest BCUT2D eigenvalue weighted by Gasteiger charge is 2.27. The van der Waals surface area contributed by atoms with Crippen LogP contribution in [0.1, 0.15) is 12.8 Å². The Bertz CT molecular complexity index is 242. The second-order valence-corrected chi connectivity index (χ2v) is 2.86. The number of carboxylic acids is 1. The Morgan fingerprint density at radius 2 is 1.93 bits per heavy atom. The maximum Gasteiger partial charge on any atom is 0.390 e. The van der Waals surface area contributed by atoms with Crippen molar-refractivity contribution in [2.75, 3.05) is 6.54 Å². The first-order valence-electron chi connectivity index (χ1n) is 4.04. The standard InChI is InChI=1S/C7H11F3N2O3/c8-7(9,10)1-2-12-6(15)4(11)3-5(13)14/h4H,1-3,11H2,(H,12,15)(H,13,14). The Morgan fingerprint density at radius 1 is 1.40 bits per heavy atom. The molecule has 1 atom stereocenters. The number of alkyl halides is 3. The van der Waals surface area contributed by atoms with Crippen molar-refractivity contribution in [1.29, 1.82) is 0 Å². The van der Waals surface area contributed by atoms with Gasteiger partial charge in [-0.25, -0.2) is 0 Å². The average Bonchev–Trinajstić information content (AvgIpc) is 2.00. The summed E-state index contributed by atoms with van der Waals surface area (Å²) in [6, 6.07) is -1.32. The van der Waals surface area contributed by atoms with Crippen LogP contribution in [-0.4, -0.2) is 35.7 Å². The van der Waals surface area contributed by atoms with E-state index < -0.39 is 43.5 Å². The predicted molar refractivity (Wildman–Crippen MR) is 43.9 cm³/mol. The highest BCUT2D eigenvalue weighted by molar-refractivity contribution is 5.85. The van der Waals surface area contributed by atoms with E-state index in [0.29, 0.717) is 0 Å². The van der Waals surface area contributed by atoms with Crippen molar-refractivity contribution >= 4 is 11.9 Å². The van der Waals surface area contributed by atoms with Crippen molar-refractivity contribution in [1.82, 2.24) is 5.32 Å². The van der Waals surface area contributed by atoms with Gasteiger partial charge in [-0.05, 0) is 0 Å². The molecule has 0 radical (unpaired) electrons. The maximum absolute atomic E-state index is 11.6. The first kappa shape index (κ1) is 13.7.